The van der Waals surface area contributed by atoms with Crippen LogP contribution in [0.4, 0.5) is 17.6 Å². The number of anilines is 3. The van der Waals surface area contributed by atoms with Gasteiger partial charge in [0.15, 0.2) is 5.16 Å². The molecule has 8 nitrogen and oxygen atoms in total. The second-order valence-electron chi connectivity index (χ2n) is 7.03. The second kappa shape index (κ2) is 9.13. The number of fused-ring (bicyclic) bond motifs is 1. The highest BCUT2D eigenvalue weighted by Gasteiger charge is 2.13. The number of para-hydroxylation sites is 2. The summed E-state index contributed by atoms with van der Waals surface area (Å²) >= 11 is 1.41. The molecule has 158 valence electrons. The standard InChI is InChI=1S/C22H23N7OS/c1-3-12-29-19(30)15-9-5-7-11-17(15)25-22(29)31-13-18-26-20(23)28-21(27-18)24-16-10-6-4-8-14(16)2/h4-11H,3,12-13H2,1-2H3,(H3,23,24,26,27,28). The lowest BCUT2D eigenvalue weighted by Gasteiger charge is -2.12. The first-order valence-electron chi connectivity index (χ1n) is 10.0. The molecular formula is C22H23N7OS. The number of hydrogen-bond donors (Lipinski definition) is 2. The van der Waals surface area contributed by atoms with Crippen molar-refractivity contribution < 1.29 is 0 Å². The topological polar surface area (TPSA) is 112 Å². The Labute approximate surface area is 184 Å². The molecule has 2 aromatic carbocycles. The lowest BCUT2D eigenvalue weighted by Crippen LogP contribution is -2.23. The van der Waals surface area contributed by atoms with E-state index in [4.69, 9.17) is 10.7 Å². The van der Waals surface area contributed by atoms with Gasteiger partial charge in [0.25, 0.3) is 5.56 Å². The van der Waals surface area contributed by atoms with Crippen molar-refractivity contribution in [1.29, 1.82) is 0 Å². The average Bonchev–Trinajstić information content (AvgIpc) is 2.76. The minimum Gasteiger partial charge on any atom is -0.368 e. The lowest BCUT2D eigenvalue weighted by atomic mass is 10.2. The quantitative estimate of drug-likeness (QED) is 0.333. The summed E-state index contributed by atoms with van der Waals surface area (Å²) < 4.78 is 1.71. The number of rotatable bonds is 7. The third-order valence-corrected chi connectivity index (χ3v) is 5.67. The summed E-state index contributed by atoms with van der Waals surface area (Å²) in [4.78, 5) is 30.6. The largest absolute Gasteiger partial charge is 0.368 e. The van der Waals surface area contributed by atoms with E-state index in [1.54, 1.807) is 4.57 Å². The highest BCUT2D eigenvalue weighted by Crippen LogP contribution is 2.23. The molecule has 0 spiro atoms. The number of aromatic nitrogens is 5. The van der Waals surface area contributed by atoms with Crippen LogP contribution in [0.5, 0.6) is 0 Å². The molecule has 0 saturated heterocycles. The van der Waals surface area contributed by atoms with Gasteiger partial charge in [0.2, 0.25) is 11.9 Å². The van der Waals surface area contributed by atoms with Crippen molar-refractivity contribution in [2.75, 3.05) is 11.1 Å². The number of thioether (sulfide) groups is 1. The molecular weight excluding hydrogens is 410 g/mol. The predicted molar refractivity (Wildman–Crippen MR) is 125 cm³/mol. The van der Waals surface area contributed by atoms with Crippen LogP contribution in [0, 0.1) is 6.92 Å². The van der Waals surface area contributed by atoms with Gasteiger partial charge in [-0.1, -0.05) is 49.0 Å². The lowest BCUT2D eigenvalue weighted by molar-refractivity contribution is 0.584. The summed E-state index contributed by atoms with van der Waals surface area (Å²) in [6, 6.07) is 15.2. The van der Waals surface area contributed by atoms with E-state index < -0.39 is 0 Å². The van der Waals surface area contributed by atoms with Crippen LogP contribution in [0.2, 0.25) is 0 Å². The summed E-state index contributed by atoms with van der Waals surface area (Å²) in [5, 5.41) is 4.45. The Balaban J connectivity index is 1.61. The number of nitrogens with one attached hydrogen (secondary N) is 1. The van der Waals surface area contributed by atoms with Gasteiger partial charge in [-0.3, -0.25) is 9.36 Å². The number of nitrogens with two attached hydrogens (primary N) is 1. The van der Waals surface area contributed by atoms with E-state index in [1.807, 2.05) is 62.4 Å². The fourth-order valence-corrected chi connectivity index (χ4v) is 4.08. The normalized spacial score (nSPS) is 11.0. The van der Waals surface area contributed by atoms with Gasteiger partial charge in [-0.05, 0) is 37.1 Å². The van der Waals surface area contributed by atoms with Crippen molar-refractivity contribution in [3.05, 3.63) is 70.3 Å². The zero-order chi connectivity index (χ0) is 21.8. The summed E-state index contributed by atoms with van der Waals surface area (Å²) in [5.74, 6) is 1.44. The molecule has 0 fully saturated rings. The Kier molecular flexibility index (Phi) is 6.13. The molecule has 0 amide bonds. The zero-order valence-electron chi connectivity index (χ0n) is 17.4. The Hall–Kier alpha value is -3.46. The van der Waals surface area contributed by atoms with Crippen molar-refractivity contribution in [2.45, 2.75) is 37.7 Å². The summed E-state index contributed by atoms with van der Waals surface area (Å²) in [6.07, 6.45) is 0.830. The number of hydrogen-bond acceptors (Lipinski definition) is 8. The third-order valence-electron chi connectivity index (χ3n) is 4.69. The Morgan fingerprint density at radius 1 is 1.03 bits per heavy atom. The number of aryl methyl sites for hydroxylation is 1. The molecule has 0 bridgehead atoms. The number of nitrogens with zero attached hydrogens (tertiary/aromatic N) is 5. The smallest absolute Gasteiger partial charge is 0.262 e. The first-order valence-corrected chi connectivity index (χ1v) is 11.0. The predicted octanol–water partition coefficient (Wildman–Crippen LogP) is 3.92. The minimum atomic E-state index is -0.0352. The summed E-state index contributed by atoms with van der Waals surface area (Å²) in [6.45, 7) is 4.63. The van der Waals surface area contributed by atoms with E-state index in [9.17, 15) is 4.79 Å². The molecule has 4 rings (SSSR count). The molecule has 31 heavy (non-hydrogen) atoms. The molecule has 3 N–H and O–H groups in total. The van der Waals surface area contributed by atoms with Crippen molar-refractivity contribution >= 4 is 40.2 Å². The number of benzene rings is 2. The van der Waals surface area contributed by atoms with Crippen LogP contribution < -0.4 is 16.6 Å². The molecule has 0 aliphatic carbocycles. The SMILES string of the molecule is CCCn1c(SCc2nc(N)nc(Nc3ccccc3C)n2)nc2ccccc2c1=O. The van der Waals surface area contributed by atoms with Gasteiger partial charge in [-0.15, -0.1) is 0 Å². The van der Waals surface area contributed by atoms with Gasteiger partial charge in [-0.25, -0.2) is 4.98 Å². The average molecular weight is 434 g/mol. The van der Waals surface area contributed by atoms with Crippen LogP contribution in [0.1, 0.15) is 24.7 Å². The third kappa shape index (κ3) is 4.66. The fourth-order valence-electron chi connectivity index (χ4n) is 3.20. The monoisotopic (exact) mass is 433 g/mol. The van der Waals surface area contributed by atoms with E-state index in [0.29, 0.717) is 40.1 Å². The van der Waals surface area contributed by atoms with Gasteiger partial charge in [0.1, 0.15) is 5.82 Å². The van der Waals surface area contributed by atoms with Crippen LogP contribution in [0.15, 0.2) is 58.5 Å². The van der Waals surface area contributed by atoms with Crippen molar-refractivity contribution in [2.24, 2.45) is 0 Å². The molecule has 9 heteroatoms. The maximum absolute atomic E-state index is 12.9. The highest BCUT2D eigenvalue weighted by atomic mass is 32.2. The van der Waals surface area contributed by atoms with Gasteiger partial charge in [0, 0.05) is 12.2 Å². The van der Waals surface area contributed by atoms with Crippen LogP contribution in [0.3, 0.4) is 0 Å². The first-order chi connectivity index (χ1) is 15.0. The van der Waals surface area contributed by atoms with E-state index in [2.05, 4.69) is 20.3 Å². The molecule has 0 unspecified atom stereocenters. The molecule has 0 atom stereocenters. The molecule has 4 aromatic rings. The van der Waals surface area contributed by atoms with Gasteiger partial charge < -0.3 is 11.1 Å². The molecule has 2 aromatic heterocycles. The van der Waals surface area contributed by atoms with E-state index >= 15 is 0 Å². The van der Waals surface area contributed by atoms with Crippen molar-refractivity contribution in [3.8, 4) is 0 Å². The molecule has 0 aliphatic rings. The van der Waals surface area contributed by atoms with E-state index in [1.165, 1.54) is 11.8 Å². The van der Waals surface area contributed by atoms with Crippen LogP contribution >= 0.6 is 11.8 Å². The maximum Gasteiger partial charge on any atom is 0.262 e. The van der Waals surface area contributed by atoms with Crippen LogP contribution in [-0.4, -0.2) is 24.5 Å². The molecule has 0 radical (unpaired) electrons. The Morgan fingerprint density at radius 2 is 1.81 bits per heavy atom. The van der Waals surface area contributed by atoms with Crippen LogP contribution in [-0.2, 0) is 12.3 Å². The minimum absolute atomic E-state index is 0.0352. The van der Waals surface area contributed by atoms with Crippen molar-refractivity contribution in [1.82, 2.24) is 24.5 Å². The highest BCUT2D eigenvalue weighted by molar-refractivity contribution is 7.98. The Morgan fingerprint density at radius 3 is 2.61 bits per heavy atom. The van der Waals surface area contributed by atoms with Crippen molar-refractivity contribution in [3.63, 3.8) is 0 Å². The summed E-state index contributed by atoms with van der Waals surface area (Å²) in [5.41, 5.74) is 8.53. The van der Waals surface area contributed by atoms with Gasteiger partial charge in [-0.2, -0.15) is 15.0 Å². The van der Waals surface area contributed by atoms with Crippen LogP contribution in [0.25, 0.3) is 10.9 Å². The van der Waals surface area contributed by atoms with E-state index in [-0.39, 0.29) is 11.5 Å². The number of nitrogen functional groups attached to an aromatic ring is 1. The fraction of sp³-hybridized carbons (Fsp3) is 0.227. The molecule has 0 saturated carbocycles. The molecule has 2 heterocycles. The van der Waals surface area contributed by atoms with Gasteiger partial charge >= 0.3 is 0 Å². The molecule has 0 aliphatic heterocycles. The zero-order valence-corrected chi connectivity index (χ0v) is 18.2. The first kappa shape index (κ1) is 20.8. The van der Waals surface area contributed by atoms with Gasteiger partial charge in [0.05, 0.1) is 16.7 Å². The van der Waals surface area contributed by atoms with E-state index in [0.717, 1.165) is 17.7 Å². The summed E-state index contributed by atoms with van der Waals surface area (Å²) in [7, 11) is 0. The second-order valence-corrected chi connectivity index (χ2v) is 7.97. The maximum atomic E-state index is 12.9. The Bertz CT molecular complexity index is 1290.